The zero-order chi connectivity index (χ0) is 19.8. The van der Waals surface area contributed by atoms with Gasteiger partial charge in [-0.2, -0.15) is 0 Å². The number of carbonyl (C=O) groups excluding carboxylic acids is 3. The third-order valence-electron chi connectivity index (χ3n) is 4.51. The second-order valence-corrected chi connectivity index (χ2v) is 8.75. The highest BCUT2D eigenvalue weighted by Crippen LogP contribution is 2.37. The van der Waals surface area contributed by atoms with Crippen molar-refractivity contribution in [1.29, 1.82) is 0 Å². The second kappa shape index (κ2) is 6.72. The van der Waals surface area contributed by atoms with Crippen LogP contribution in [0.1, 0.15) is 18.9 Å². The van der Waals surface area contributed by atoms with Crippen molar-refractivity contribution < 1.29 is 32.3 Å². The quantitative estimate of drug-likeness (QED) is 0.588. The molecule has 27 heavy (non-hydrogen) atoms. The van der Waals surface area contributed by atoms with Crippen molar-refractivity contribution >= 4 is 27.7 Å². The number of hydrogen-bond acceptors (Lipinski definition) is 7. The Labute approximate surface area is 155 Å². The Balaban J connectivity index is 1.74. The van der Waals surface area contributed by atoms with E-state index in [0.717, 1.165) is 4.90 Å². The van der Waals surface area contributed by atoms with Crippen molar-refractivity contribution in [3.63, 3.8) is 0 Å². The van der Waals surface area contributed by atoms with E-state index in [1.165, 1.54) is 6.92 Å². The van der Waals surface area contributed by atoms with Crippen molar-refractivity contribution in [3.05, 3.63) is 23.8 Å². The number of carbonyl (C=O) groups is 3. The van der Waals surface area contributed by atoms with Gasteiger partial charge in [-0.3, -0.25) is 14.5 Å². The molecule has 0 spiro atoms. The average molecular weight is 397 g/mol. The Bertz CT molecular complexity index is 915. The summed E-state index contributed by atoms with van der Waals surface area (Å²) >= 11 is 0. The van der Waals surface area contributed by atoms with Gasteiger partial charge < -0.3 is 20.5 Å². The number of fused-ring (bicyclic) bond motifs is 1. The molecule has 1 aromatic rings. The molecule has 1 saturated heterocycles. The molecule has 3 N–H and O–H groups in total. The maximum atomic E-state index is 12.8. The molecule has 4 amide bonds. The molecule has 2 heterocycles. The summed E-state index contributed by atoms with van der Waals surface area (Å²) in [6.45, 7) is 1.29. The van der Waals surface area contributed by atoms with Crippen LogP contribution in [0.15, 0.2) is 18.2 Å². The number of rotatable bonds is 7. The van der Waals surface area contributed by atoms with Crippen molar-refractivity contribution in [2.75, 3.05) is 24.8 Å². The Morgan fingerprint density at radius 2 is 1.96 bits per heavy atom. The number of hydrogen-bond donors (Lipinski definition) is 2. The fraction of sp³-hybridized carbons (Fsp3) is 0.438. The molecule has 1 unspecified atom stereocenters. The van der Waals surface area contributed by atoms with Gasteiger partial charge in [0.05, 0.1) is 11.5 Å². The summed E-state index contributed by atoms with van der Waals surface area (Å²) in [5, 5.41) is 2.60. The largest absolute Gasteiger partial charge is 0.454 e. The van der Waals surface area contributed by atoms with Crippen molar-refractivity contribution in [3.8, 4) is 11.5 Å². The molecular weight excluding hydrogens is 378 g/mol. The van der Waals surface area contributed by atoms with Crippen LogP contribution in [0.5, 0.6) is 11.5 Å². The number of benzene rings is 1. The van der Waals surface area contributed by atoms with E-state index in [-0.39, 0.29) is 19.8 Å². The zero-order valence-corrected chi connectivity index (χ0v) is 15.4. The van der Waals surface area contributed by atoms with E-state index in [1.807, 2.05) is 0 Å². The van der Waals surface area contributed by atoms with Gasteiger partial charge in [-0.25, -0.2) is 13.2 Å². The molecule has 3 rings (SSSR count). The molecule has 1 fully saturated rings. The van der Waals surface area contributed by atoms with Gasteiger partial charge in [0.1, 0.15) is 5.54 Å². The molecule has 2 aliphatic rings. The lowest BCUT2D eigenvalue weighted by atomic mass is 9.91. The molecule has 10 nitrogen and oxygen atoms in total. The van der Waals surface area contributed by atoms with Crippen LogP contribution in [0.4, 0.5) is 4.79 Å². The molecule has 1 atom stereocenters. The third kappa shape index (κ3) is 3.68. The summed E-state index contributed by atoms with van der Waals surface area (Å²) < 4.78 is 34.4. The predicted octanol–water partition coefficient (Wildman–Crippen LogP) is -0.527. The monoisotopic (exact) mass is 397 g/mol. The number of nitrogens with one attached hydrogen (secondary N) is 1. The Hall–Kier alpha value is -2.82. The summed E-state index contributed by atoms with van der Waals surface area (Å²) in [4.78, 5) is 36.7. The molecule has 0 radical (unpaired) electrons. The minimum absolute atomic E-state index is 0.0745. The maximum absolute atomic E-state index is 12.8. The zero-order valence-electron chi connectivity index (χ0n) is 14.6. The Kier molecular flexibility index (Phi) is 4.72. The van der Waals surface area contributed by atoms with Crippen LogP contribution in [0.3, 0.4) is 0 Å². The summed E-state index contributed by atoms with van der Waals surface area (Å²) in [5.74, 6) is -1.18. The number of urea groups is 1. The van der Waals surface area contributed by atoms with E-state index >= 15 is 0 Å². The molecular formula is C16H19N3O7S. The number of primary amides is 1. The molecule has 0 aromatic heterocycles. The van der Waals surface area contributed by atoms with Crippen LogP contribution in [0.2, 0.25) is 0 Å². The number of nitrogens with zero attached hydrogens (tertiary/aromatic N) is 1. The topological polar surface area (TPSA) is 145 Å². The first-order valence-corrected chi connectivity index (χ1v) is 9.97. The summed E-state index contributed by atoms with van der Waals surface area (Å²) in [6, 6.07) is 4.19. The second-order valence-electron chi connectivity index (χ2n) is 6.45. The summed E-state index contributed by atoms with van der Waals surface area (Å²) in [6.07, 6.45) is -0.308. The van der Waals surface area contributed by atoms with Crippen molar-refractivity contribution in [2.24, 2.45) is 5.73 Å². The molecule has 2 aliphatic heterocycles. The van der Waals surface area contributed by atoms with Gasteiger partial charge in [0.2, 0.25) is 12.7 Å². The first-order valence-electron chi connectivity index (χ1n) is 8.15. The normalized spacial score (nSPS) is 21.4. The standard InChI is InChI=1S/C16H19N3O7S/c1-16(10-2-3-11-12(8-10)26-9-25-11)14(21)19(15(22)18-16)5-7-27(23,24)6-4-13(17)20/h2-3,8H,4-7,9H2,1H3,(H2,17,20)(H,18,22). The first kappa shape index (κ1) is 19.0. The molecule has 11 heteroatoms. The lowest BCUT2D eigenvalue weighted by Crippen LogP contribution is -2.41. The third-order valence-corrected chi connectivity index (χ3v) is 6.14. The van der Waals surface area contributed by atoms with Gasteiger partial charge in [-0.1, -0.05) is 6.07 Å². The van der Waals surface area contributed by atoms with E-state index in [4.69, 9.17) is 15.2 Å². The van der Waals surface area contributed by atoms with Gasteiger partial charge in [-0.05, 0) is 24.6 Å². The van der Waals surface area contributed by atoms with Gasteiger partial charge in [-0.15, -0.1) is 0 Å². The number of amides is 4. The first-order chi connectivity index (χ1) is 12.6. The molecule has 0 saturated carbocycles. The molecule has 0 bridgehead atoms. The van der Waals surface area contributed by atoms with E-state index < -0.39 is 44.7 Å². The van der Waals surface area contributed by atoms with E-state index in [9.17, 15) is 22.8 Å². The van der Waals surface area contributed by atoms with Gasteiger partial charge in [0, 0.05) is 13.0 Å². The number of imide groups is 1. The van der Waals surface area contributed by atoms with Crippen molar-refractivity contribution in [1.82, 2.24) is 10.2 Å². The summed E-state index contributed by atoms with van der Waals surface area (Å²) in [7, 11) is -3.63. The maximum Gasteiger partial charge on any atom is 0.325 e. The molecule has 1 aromatic carbocycles. The van der Waals surface area contributed by atoms with Crippen molar-refractivity contribution in [2.45, 2.75) is 18.9 Å². The van der Waals surface area contributed by atoms with Crippen LogP contribution in [0.25, 0.3) is 0 Å². The van der Waals surface area contributed by atoms with E-state index in [2.05, 4.69) is 5.32 Å². The fourth-order valence-corrected chi connectivity index (χ4v) is 4.07. The number of ether oxygens (including phenoxy) is 2. The highest BCUT2D eigenvalue weighted by molar-refractivity contribution is 7.91. The van der Waals surface area contributed by atoms with E-state index in [0.29, 0.717) is 17.1 Å². The van der Waals surface area contributed by atoms with E-state index in [1.54, 1.807) is 18.2 Å². The minimum atomic E-state index is -3.63. The summed E-state index contributed by atoms with van der Waals surface area (Å²) in [5.41, 5.74) is 4.09. The Morgan fingerprint density at radius 1 is 1.26 bits per heavy atom. The van der Waals surface area contributed by atoms with Crippen LogP contribution >= 0.6 is 0 Å². The lowest BCUT2D eigenvalue weighted by molar-refractivity contribution is -0.130. The average Bonchev–Trinajstić information content (AvgIpc) is 3.15. The van der Waals surface area contributed by atoms with Gasteiger partial charge in [0.15, 0.2) is 21.3 Å². The fourth-order valence-electron chi connectivity index (χ4n) is 2.89. The molecule has 0 aliphatic carbocycles. The van der Waals surface area contributed by atoms with Gasteiger partial charge >= 0.3 is 6.03 Å². The predicted molar refractivity (Wildman–Crippen MR) is 92.6 cm³/mol. The lowest BCUT2D eigenvalue weighted by Gasteiger charge is -2.22. The molecule has 146 valence electrons. The Morgan fingerprint density at radius 3 is 2.67 bits per heavy atom. The smallest absolute Gasteiger partial charge is 0.325 e. The van der Waals surface area contributed by atoms with Crippen LogP contribution in [0, 0.1) is 0 Å². The van der Waals surface area contributed by atoms with Crippen LogP contribution < -0.4 is 20.5 Å². The van der Waals surface area contributed by atoms with Gasteiger partial charge in [0.25, 0.3) is 5.91 Å². The number of sulfone groups is 1. The highest BCUT2D eigenvalue weighted by Gasteiger charge is 2.49. The van der Waals surface area contributed by atoms with Crippen LogP contribution in [-0.2, 0) is 25.0 Å². The van der Waals surface area contributed by atoms with Crippen LogP contribution in [-0.4, -0.2) is 56.0 Å². The number of nitrogens with two attached hydrogens (primary N) is 1. The highest BCUT2D eigenvalue weighted by atomic mass is 32.2. The minimum Gasteiger partial charge on any atom is -0.454 e. The SMILES string of the molecule is CC1(c2ccc3c(c2)OCO3)NC(=O)N(CCS(=O)(=O)CCC(N)=O)C1=O.